The molecule has 0 aromatic carbocycles. The summed E-state index contributed by atoms with van der Waals surface area (Å²) >= 11 is 0. The van der Waals surface area contributed by atoms with E-state index in [9.17, 15) is 14.4 Å². The van der Waals surface area contributed by atoms with Gasteiger partial charge in [-0.05, 0) is 18.8 Å². The van der Waals surface area contributed by atoms with Gasteiger partial charge in [0.25, 0.3) is 0 Å². The third kappa shape index (κ3) is 6.57. The third-order valence-corrected chi connectivity index (χ3v) is 3.94. The first-order chi connectivity index (χ1) is 9.90. The van der Waals surface area contributed by atoms with Crippen molar-refractivity contribution >= 4 is 17.8 Å². The molecule has 1 fully saturated rings. The number of carboxylic acids is 1. The van der Waals surface area contributed by atoms with Crippen molar-refractivity contribution in [3.8, 4) is 0 Å². The number of hydrogen-bond acceptors (Lipinski definition) is 4. The first kappa shape index (κ1) is 17.4. The van der Waals surface area contributed by atoms with E-state index in [1.807, 2.05) is 0 Å². The average Bonchev–Trinajstić information content (AvgIpc) is 2.43. The van der Waals surface area contributed by atoms with Crippen LogP contribution in [0.15, 0.2) is 0 Å². The number of nitrogens with two attached hydrogens (primary N) is 2. The highest BCUT2D eigenvalue weighted by Gasteiger charge is 2.26. The Labute approximate surface area is 124 Å². The number of primary amides is 1. The van der Waals surface area contributed by atoms with Crippen LogP contribution < -0.4 is 16.8 Å². The first-order valence-corrected chi connectivity index (χ1v) is 7.47. The lowest BCUT2D eigenvalue weighted by atomic mass is 9.85. The number of hydrogen-bond donors (Lipinski definition) is 4. The molecule has 7 nitrogen and oxygen atoms in total. The van der Waals surface area contributed by atoms with Crippen LogP contribution in [0.25, 0.3) is 0 Å². The number of rotatable bonds is 8. The summed E-state index contributed by atoms with van der Waals surface area (Å²) in [5.41, 5.74) is 10.8. The number of nitrogens with one attached hydrogen (secondary N) is 1. The zero-order valence-corrected chi connectivity index (χ0v) is 12.2. The maximum Gasteiger partial charge on any atom is 0.326 e. The molecule has 1 aliphatic carbocycles. The molecule has 21 heavy (non-hydrogen) atoms. The van der Waals surface area contributed by atoms with E-state index < -0.39 is 29.9 Å². The van der Waals surface area contributed by atoms with Gasteiger partial charge in [-0.1, -0.05) is 32.1 Å². The van der Waals surface area contributed by atoms with Crippen molar-refractivity contribution in [3.05, 3.63) is 0 Å². The number of carbonyl (C=O) groups is 3. The SMILES string of the molecule is NC(=O)CC[C@H](NC(=O)[C@@H](N)CC1CCCCC1)C(=O)O. The second-order valence-corrected chi connectivity index (χ2v) is 5.75. The lowest BCUT2D eigenvalue weighted by Gasteiger charge is -2.25. The predicted molar refractivity (Wildman–Crippen MR) is 77.2 cm³/mol. The second kappa shape index (κ2) is 8.61. The van der Waals surface area contributed by atoms with Gasteiger partial charge in [0.2, 0.25) is 11.8 Å². The summed E-state index contributed by atoms with van der Waals surface area (Å²) < 4.78 is 0. The molecule has 0 bridgehead atoms. The van der Waals surface area contributed by atoms with Gasteiger partial charge in [-0.2, -0.15) is 0 Å². The Bertz CT molecular complexity index is 380. The summed E-state index contributed by atoms with van der Waals surface area (Å²) in [6.07, 6.45) is 6.17. The van der Waals surface area contributed by atoms with Gasteiger partial charge in [-0.3, -0.25) is 9.59 Å². The number of carboxylic acid groups (broad SMARTS) is 1. The highest BCUT2D eigenvalue weighted by atomic mass is 16.4. The summed E-state index contributed by atoms with van der Waals surface area (Å²) in [6.45, 7) is 0. The molecule has 120 valence electrons. The van der Waals surface area contributed by atoms with Gasteiger partial charge in [0, 0.05) is 6.42 Å². The van der Waals surface area contributed by atoms with E-state index in [-0.39, 0.29) is 12.8 Å². The molecule has 0 radical (unpaired) electrons. The van der Waals surface area contributed by atoms with Crippen molar-refractivity contribution in [2.45, 2.75) is 63.5 Å². The largest absolute Gasteiger partial charge is 0.480 e. The third-order valence-electron chi connectivity index (χ3n) is 3.94. The van der Waals surface area contributed by atoms with Crippen LogP contribution in [0.3, 0.4) is 0 Å². The number of carbonyl (C=O) groups excluding carboxylic acids is 2. The summed E-state index contributed by atoms with van der Waals surface area (Å²) in [5, 5.41) is 11.4. The van der Waals surface area contributed by atoms with Gasteiger partial charge in [-0.15, -0.1) is 0 Å². The van der Waals surface area contributed by atoms with Gasteiger partial charge in [0.05, 0.1) is 6.04 Å². The zero-order valence-electron chi connectivity index (χ0n) is 12.2. The van der Waals surface area contributed by atoms with Crippen LogP contribution >= 0.6 is 0 Å². The lowest BCUT2D eigenvalue weighted by molar-refractivity contribution is -0.142. The molecule has 7 heteroatoms. The minimum atomic E-state index is -1.19. The van der Waals surface area contributed by atoms with Gasteiger partial charge in [-0.25, -0.2) is 4.79 Å². The normalized spacial score (nSPS) is 18.7. The van der Waals surface area contributed by atoms with Crippen molar-refractivity contribution in [3.63, 3.8) is 0 Å². The van der Waals surface area contributed by atoms with Crippen LogP contribution in [0.5, 0.6) is 0 Å². The standard InChI is InChI=1S/C14H25N3O4/c15-10(8-9-4-2-1-3-5-9)13(19)17-11(14(20)21)6-7-12(16)18/h9-11H,1-8,15H2,(H2,16,18)(H,17,19)(H,20,21)/t10-,11-/m0/s1. The summed E-state index contributed by atoms with van der Waals surface area (Å²) in [4.78, 5) is 33.7. The Balaban J connectivity index is 2.43. The van der Waals surface area contributed by atoms with E-state index in [0.29, 0.717) is 12.3 Å². The van der Waals surface area contributed by atoms with Gasteiger partial charge < -0.3 is 21.9 Å². The molecule has 0 saturated heterocycles. The van der Waals surface area contributed by atoms with E-state index in [0.717, 1.165) is 25.7 Å². The second-order valence-electron chi connectivity index (χ2n) is 5.75. The number of aliphatic carboxylic acids is 1. The van der Waals surface area contributed by atoms with Gasteiger partial charge in [0.1, 0.15) is 6.04 Å². The van der Waals surface area contributed by atoms with E-state index in [1.165, 1.54) is 6.42 Å². The highest BCUT2D eigenvalue weighted by molar-refractivity contribution is 5.87. The Kier molecular flexibility index (Phi) is 7.14. The quantitative estimate of drug-likeness (QED) is 0.504. The molecule has 0 aromatic heterocycles. The van der Waals surface area contributed by atoms with Crippen molar-refractivity contribution in [2.75, 3.05) is 0 Å². The molecule has 1 aliphatic rings. The Hall–Kier alpha value is -1.63. The molecule has 0 spiro atoms. The monoisotopic (exact) mass is 299 g/mol. The molecule has 0 unspecified atom stereocenters. The topological polar surface area (TPSA) is 136 Å². The maximum atomic E-state index is 12.0. The van der Waals surface area contributed by atoms with Crippen molar-refractivity contribution in [1.82, 2.24) is 5.32 Å². The van der Waals surface area contributed by atoms with E-state index in [2.05, 4.69) is 5.32 Å². The minimum absolute atomic E-state index is 0.0213. The molecule has 0 aromatic rings. The van der Waals surface area contributed by atoms with Crippen LogP contribution in [-0.4, -0.2) is 35.0 Å². The molecule has 0 heterocycles. The Morgan fingerprint density at radius 1 is 1.19 bits per heavy atom. The molecule has 2 amide bonds. The zero-order chi connectivity index (χ0) is 15.8. The van der Waals surface area contributed by atoms with Crippen molar-refractivity contribution in [2.24, 2.45) is 17.4 Å². The van der Waals surface area contributed by atoms with Crippen LogP contribution in [0, 0.1) is 5.92 Å². The van der Waals surface area contributed by atoms with Gasteiger partial charge >= 0.3 is 5.97 Å². The Morgan fingerprint density at radius 3 is 2.33 bits per heavy atom. The average molecular weight is 299 g/mol. The molecule has 6 N–H and O–H groups in total. The molecule has 1 saturated carbocycles. The van der Waals surface area contributed by atoms with Gasteiger partial charge in [0.15, 0.2) is 0 Å². The van der Waals surface area contributed by atoms with Crippen molar-refractivity contribution in [1.29, 1.82) is 0 Å². The van der Waals surface area contributed by atoms with E-state index in [1.54, 1.807) is 0 Å². The molecule has 0 aliphatic heterocycles. The molecule has 2 atom stereocenters. The lowest BCUT2D eigenvalue weighted by Crippen LogP contribution is -2.49. The highest BCUT2D eigenvalue weighted by Crippen LogP contribution is 2.26. The fourth-order valence-corrected chi connectivity index (χ4v) is 2.71. The van der Waals surface area contributed by atoms with Crippen LogP contribution in [0.2, 0.25) is 0 Å². The summed E-state index contributed by atoms with van der Waals surface area (Å²) in [7, 11) is 0. The first-order valence-electron chi connectivity index (χ1n) is 7.47. The molecule has 1 rings (SSSR count). The summed E-state index contributed by atoms with van der Waals surface area (Å²) in [6, 6.07) is -1.83. The smallest absolute Gasteiger partial charge is 0.326 e. The van der Waals surface area contributed by atoms with Crippen molar-refractivity contribution < 1.29 is 19.5 Å². The predicted octanol–water partition coefficient (Wildman–Crippen LogP) is 0.119. The van der Waals surface area contributed by atoms with Crippen LogP contribution in [0.1, 0.15) is 51.4 Å². The fourth-order valence-electron chi connectivity index (χ4n) is 2.71. The summed E-state index contributed by atoms with van der Waals surface area (Å²) in [5.74, 6) is -1.82. The maximum absolute atomic E-state index is 12.0. The molecular formula is C14H25N3O4. The fraction of sp³-hybridized carbons (Fsp3) is 0.786. The van der Waals surface area contributed by atoms with Crippen LogP contribution in [-0.2, 0) is 14.4 Å². The number of amides is 2. The van der Waals surface area contributed by atoms with E-state index in [4.69, 9.17) is 16.6 Å². The minimum Gasteiger partial charge on any atom is -0.480 e. The molecular weight excluding hydrogens is 274 g/mol. The Morgan fingerprint density at radius 2 is 1.81 bits per heavy atom. The van der Waals surface area contributed by atoms with E-state index >= 15 is 0 Å². The van der Waals surface area contributed by atoms with Crippen LogP contribution in [0.4, 0.5) is 0 Å².